The van der Waals surface area contributed by atoms with Gasteiger partial charge < -0.3 is 4.90 Å². The predicted molar refractivity (Wildman–Crippen MR) is 94.4 cm³/mol. The molecule has 1 aliphatic rings. The van der Waals surface area contributed by atoms with Crippen LogP contribution >= 0.6 is 11.3 Å². The van der Waals surface area contributed by atoms with Crippen molar-refractivity contribution in [1.82, 2.24) is 19.5 Å². The van der Waals surface area contributed by atoms with Gasteiger partial charge in [-0.15, -0.1) is 21.5 Å². The number of amides is 1. The number of nitrogens with zero attached hydrogens (tertiary/aromatic N) is 5. The lowest BCUT2D eigenvalue weighted by atomic mass is 9.94. The van der Waals surface area contributed by atoms with E-state index in [2.05, 4.69) is 16.3 Å². The summed E-state index contributed by atoms with van der Waals surface area (Å²) in [5.41, 5.74) is 1.32. The number of carbonyl (C=O) groups is 1. The quantitative estimate of drug-likeness (QED) is 0.727. The molecule has 4 heterocycles. The molecule has 25 heavy (non-hydrogen) atoms. The third kappa shape index (κ3) is 3.01. The summed E-state index contributed by atoms with van der Waals surface area (Å²) in [6.45, 7) is 1.45. The van der Waals surface area contributed by atoms with Gasteiger partial charge in [-0.2, -0.15) is 5.26 Å². The number of nitriles is 1. The third-order valence-electron chi connectivity index (χ3n) is 4.64. The molecule has 4 rings (SSSR count). The Kier molecular flexibility index (Phi) is 4.20. The highest BCUT2D eigenvalue weighted by Gasteiger charge is 2.27. The van der Waals surface area contributed by atoms with Crippen LogP contribution in [0.3, 0.4) is 0 Å². The van der Waals surface area contributed by atoms with E-state index in [-0.39, 0.29) is 5.91 Å². The van der Waals surface area contributed by atoms with Gasteiger partial charge in [0.25, 0.3) is 5.91 Å². The number of fused-ring (bicyclic) bond motifs is 1. The Hall–Kier alpha value is -2.72. The van der Waals surface area contributed by atoms with Crippen LogP contribution in [-0.2, 0) is 6.42 Å². The summed E-state index contributed by atoms with van der Waals surface area (Å²) in [5, 5.41) is 19.5. The third-order valence-corrected chi connectivity index (χ3v) is 5.54. The molecule has 0 bridgehead atoms. The van der Waals surface area contributed by atoms with Crippen LogP contribution in [0.15, 0.2) is 35.8 Å². The van der Waals surface area contributed by atoms with Crippen LogP contribution in [0.2, 0.25) is 0 Å². The maximum absolute atomic E-state index is 12.8. The van der Waals surface area contributed by atoms with Gasteiger partial charge in [0, 0.05) is 25.7 Å². The van der Waals surface area contributed by atoms with Crippen molar-refractivity contribution in [2.45, 2.75) is 19.3 Å². The molecular weight excluding hydrogens is 334 g/mol. The standard InChI is InChI=1S/C18H17N5OS/c19-11-14-6-9-25-17(14)18(24)22-7-3-4-13(12-22)10-16-21-20-15-5-1-2-8-23(15)16/h1-2,5-6,8-9,13H,3-4,7,10,12H2. The number of piperidine rings is 1. The molecule has 0 spiro atoms. The second kappa shape index (κ2) is 6.65. The first-order valence-electron chi connectivity index (χ1n) is 8.32. The number of likely N-dealkylation sites (tertiary alicyclic amines) is 1. The van der Waals surface area contributed by atoms with E-state index < -0.39 is 0 Å². The van der Waals surface area contributed by atoms with Crippen molar-refractivity contribution in [3.8, 4) is 6.07 Å². The molecule has 0 N–H and O–H groups in total. The van der Waals surface area contributed by atoms with Gasteiger partial charge in [-0.1, -0.05) is 6.07 Å². The highest BCUT2D eigenvalue weighted by Crippen LogP contribution is 2.24. The van der Waals surface area contributed by atoms with E-state index in [1.165, 1.54) is 11.3 Å². The van der Waals surface area contributed by atoms with Crippen LogP contribution in [0.5, 0.6) is 0 Å². The average molecular weight is 351 g/mol. The zero-order valence-electron chi connectivity index (χ0n) is 13.6. The fourth-order valence-corrected chi connectivity index (χ4v) is 4.22. The first kappa shape index (κ1) is 15.8. The zero-order valence-corrected chi connectivity index (χ0v) is 14.4. The van der Waals surface area contributed by atoms with Crippen molar-refractivity contribution in [1.29, 1.82) is 5.26 Å². The summed E-state index contributed by atoms with van der Waals surface area (Å²) in [6.07, 6.45) is 4.81. The highest BCUT2D eigenvalue weighted by atomic mass is 32.1. The maximum Gasteiger partial charge on any atom is 0.265 e. The van der Waals surface area contributed by atoms with Crippen LogP contribution in [0.4, 0.5) is 0 Å². The molecule has 0 radical (unpaired) electrons. The van der Waals surface area contributed by atoms with Crippen LogP contribution in [0.1, 0.15) is 33.9 Å². The Labute approximate surface area is 149 Å². The van der Waals surface area contributed by atoms with Crippen molar-refractivity contribution in [2.24, 2.45) is 5.92 Å². The van der Waals surface area contributed by atoms with Gasteiger partial charge in [-0.25, -0.2) is 0 Å². The largest absolute Gasteiger partial charge is 0.338 e. The molecule has 3 aromatic rings. The monoisotopic (exact) mass is 351 g/mol. The smallest absolute Gasteiger partial charge is 0.265 e. The van der Waals surface area contributed by atoms with Crippen molar-refractivity contribution in [3.05, 3.63) is 52.1 Å². The minimum atomic E-state index is -0.0256. The Bertz CT molecular complexity index is 954. The molecule has 1 atom stereocenters. The average Bonchev–Trinajstić information content (AvgIpc) is 3.28. The number of aromatic nitrogens is 3. The highest BCUT2D eigenvalue weighted by molar-refractivity contribution is 7.12. The van der Waals surface area contributed by atoms with Crippen molar-refractivity contribution < 1.29 is 4.79 Å². The predicted octanol–water partition coefficient (Wildman–Crippen LogP) is 2.76. The first-order valence-corrected chi connectivity index (χ1v) is 9.19. The van der Waals surface area contributed by atoms with Gasteiger partial charge in [-0.3, -0.25) is 9.20 Å². The summed E-state index contributed by atoms with van der Waals surface area (Å²) < 4.78 is 2.01. The molecule has 6 nitrogen and oxygen atoms in total. The molecule has 1 fully saturated rings. The molecule has 0 saturated carbocycles. The van der Waals surface area contributed by atoms with Gasteiger partial charge in [0.1, 0.15) is 16.8 Å². The molecule has 1 saturated heterocycles. The van der Waals surface area contributed by atoms with Crippen LogP contribution in [0, 0.1) is 17.2 Å². The van der Waals surface area contributed by atoms with E-state index in [9.17, 15) is 4.79 Å². The summed E-state index contributed by atoms with van der Waals surface area (Å²) in [6, 6.07) is 9.67. The molecule has 1 amide bonds. The van der Waals surface area contributed by atoms with Crippen LogP contribution in [-0.4, -0.2) is 38.5 Å². The zero-order chi connectivity index (χ0) is 17.2. The topological polar surface area (TPSA) is 74.3 Å². The lowest BCUT2D eigenvalue weighted by molar-refractivity contribution is 0.0676. The summed E-state index contributed by atoms with van der Waals surface area (Å²) >= 11 is 1.34. The normalized spacial score (nSPS) is 17.6. The molecule has 0 aromatic carbocycles. The second-order valence-corrected chi connectivity index (χ2v) is 7.20. The summed E-state index contributed by atoms with van der Waals surface area (Å²) in [7, 11) is 0. The van der Waals surface area contributed by atoms with E-state index in [1.54, 1.807) is 11.4 Å². The SMILES string of the molecule is N#Cc1ccsc1C(=O)N1CCCC(Cc2nnc3ccccn23)C1. The lowest BCUT2D eigenvalue weighted by Crippen LogP contribution is -2.40. The Morgan fingerprint density at radius 3 is 3.16 bits per heavy atom. The van der Waals surface area contributed by atoms with Crippen molar-refractivity contribution in [2.75, 3.05) is 13.1 Å². The van der Waals surface area contributed by atoms with E-state index in [0.717, 1.165) is 37.3 Å². The van der Waals surface area contributed by atoms with Gasteiger partial charge in [0.05, 0.1) is 5.56 Å². The summed E-state index contributed by atoms with van der Waals surface area (Å²) in [4.78, 5) is 15.2. The van der Waals surface area contributed by atoms with Gasteiger partial charge in [0.2, 0.25) is 0 Å². The number of carbonyl (C=O) groups excluding carboxylic acids is 1. The van der Waals surface area contributed by atoms with E-state index in [1.807, 2.05) is 33.7 Å². The first-order chi connectivity index (χ1) is 12.3. The van der Waals surface area contributed by atoms with Crippen molar-refractivity contribution in [3.63, 3.8) is 0 Å². The van der Waals surface area contributed by atoms with E-state index in [0.29, 0.717) is 22.9 Å². The fourth-order valence-electron chi connectivity index (χ4n) is 3.41. The molecule has 1 aliphatic heterocycles. The number of hydrogen-bond acceptors (Lipinski definition) is 5. The second-order valence-electron chi connectivity index (χ2n) is 6.28. The van der Waals surface area contributed by atoms with Crippen molar-refractivity contribution >= 4 is 22.9 Å². The molecule has 1 unspecified atom stereocenters. The maximum atomic E-state index is 12.8. The minimum Gasteiger partial charge on any atom is -0.338 e. The molecule has 126 valence electrons. The number of thiophene rings is 1. The lowest BCUT2D eigenvalue weighted by Gasteiger charge is -2.32. The Morgan fingerprint density at radius 2 is 2.28 bits per heavy atom. The van der Waals surface area contributed by atoms with Gasteiger partial charge in [-0.05, 0) is 42.3 Å². The van der Waals surface area contributed by atoms with E-state index in [4.69, 9.17) is 5.26 Å². The fraction of sp³-hybridized carbons (Fsp3) is 0.333. The molecule has 3 aromatic heterocycles. The Morgan fingerprint density at radius 1 is 1.36 bits per heavy atom. The Balaban J connectivity index is 1.50. The van der Waals surface area contributed by atoms with Crippen LogP contribution < -0.4 is 0 Å². The van der Waals surface area contributed by atoms with Gasteiger partial charge in [0.15, 0.2) is 5.65 Å². The number of hydrogen-bond donors (Lipinski definition) is 0. The minimum absolute atomic E-state index is 0.0256. The van der Waals surface area contributed by atoms with E-state index >= 15 is 0 Å². The van der Waals surface area contributed by atoms with Crippen LogP contribution in [0.25, 0.3) is 5.65 Å². The number of rotatable bonds is 3. The molecule has 0 aliphatic carbocycles. The summed E-state index contributed by atoms with van der Waals surface area (Å²) in [5.74, 6) is 1.27. The molecular formula is C18H17N5OS. The van der Waals surface area contributed by atoms with Gasteiger partial charge >= 0.3 is 0 Å². The number of pyridine rings is 1. The molecule has 7 heteroatoms.